The average molecular weight is 235 g/mol. The molecular formula is C13H17NO3. The third-order valence-electron chi connectivity index (χ3n) is 2.97. The normalized spacial score (nSPS) is 16.8. The number of hydrogen-bond acceptors (Lipinski definition) is 3. The lowest BCUT2D eigenvalue weighted by Gasteiger charge is -2.21. The molecule has 92 valence electrons. The van der Waals surface area contributed by atoms with Crippen molar-refractivity contribution in [2.24, 2.45) is 5.92 Å². The summed E-state index contributed by atoms with van der Waals surface area (Å²) in [6.07, 6.45) is 1.57. The first-order valence-electron chi connectivity index (χ1n) is 5.88. The second kappa shape index (κ2) is 5.80. The number of ether oxygens (including phenoxy) is 1. The minimum Gasteiger partial charge on any atom is -0.392 e. The van der Waals surface area contributed by atoms with Crippen molar-refractivity contribution in [3.63, 3.8) is 0 Å². The Labute approximate surface area is 101 Å². The summed E-state index contributed by atoms with van der Waals surface area (Å²) in [6, 6.07) is 7.27. The molecule has 0 aromatic heterocycles. The molecule has 0 unspecified atom stereocenters. The molecule has 0 aliphatic carbocycles. The lowest BCUT2D eigenvalue weighted by atomic mass is 9.99. The molecule has 0 saturated carbocycles. The Hall–Kier alpha value is -1.39. The molecule has 1 heterocycles. The van der Waals surface area contributed by atoms with E-state index in [-0.39, 0.29) is 18.4 Å². The second-order valence-electron chi connectivity index (χ2n) is 4.23. The van der Waals surface area contributed by atoms with Crippen LogP contribution in [0.1, 0.15) is 18.4 Å². The third-order valence-corrected chi connectivity index (χ3v) is 2.97. The van der Waals surface area contributed by atoms with Gasteiger partial charge in [-0.2, -0.15) is 0 Å². The molecule has 1 aromatic rings. The molecule has 1 aliphatic heterocycles. The van der Waals surface area contributed by atoms with E-state index in [4.69, 9.17) is 9.84 Å². The molecular weight excluding hydrogens is 218 g/mol. The molecule has 1 aliphatic rings. The van der Waals surface area contributed by atoms with Crippen molar-refractivity contribution < 1.29 is 14.6 Å². The van der Waals surface area contributed by atoms with Gasteiger partial charge in [0.25, 0.3) is 0 Å². The zero-order chi connectivity index (χ0) is 12.1. The summed E-state index contributed by atoms with van der Waals surface area (Å²) in [4.78, 5) is 11.9. The van der Waals surface area contributed by atoms with Crippen molar-refractivity contribution in [1.29, 1.82) is 0 Å². The molecule has 2 rings (SSSR count). The SMILES string of the molecule is O=C(Nc1cccc(CO)c1)C1CCOCC1. The summed E-state index contributed by atoms with van der Waals surface area (Å²) in [6.45, 7) is 1.31. The van der Waals surface area contributed by atoms with Gasteiger partial charge >= 0.3 is 0 Å². The van der Waals surface area contributed by atoms with Gasteiger partial charge in [-0.3, -0.25) is 4.79 Å². The van der Waals surface area contributed by atoms with Crippen molar-refractivity contribution in [1.82, 2.24) is 0 Å². The monoisotopic (exact) mass is 235 g/mol. The smallest absolute Gasteiger partial charge is 0.227 e. The fraction of sp³-hybridized carbons (Fsp3) is 0.462. The number of anilines is 1. The van der Waals surface area contributed by atoms with Gasteiger partial charge in [0.15, 0.2) is 0 Å². The van der Waals surface area contributed by atoms with Gasteiger partial charge in [-0.1, -0.05) is 12.1 Å². The van der Waals surface area contributed by atoms with Crippen LogP contribution in [0.5, 0.6) is 0 Å². The first-order valence-corrected chi connectivity index (χ1v) is 5.88. The van der Waals surface area contributed by atoms with Gasteiger partial charge in [0.05, 0.1) is 6.61 Å². The Morgan fingerprint density at radius 3 is 2.88 bits per heavy atom. The van der Waals surface area contributed by atoms with Crippen LogP contribution in [0.25, 0.3) is 0 Å². The zero-order valence-corrected chi connectivity index (χ0v) is 9.69. The van der Waals surface area contributed by atoms with E-state index in [2.05, 4.69) is 5.32 Å². The first-order chi connectivity index (χ1) is 8.29. The molecule has 4 nitrogen and oxygen atoms in total. The summed E-state index contributed by atoms with van der Waals surface area (Å²) in [5.74, 6) is 0.0879. The van der Waals surface area contributed by atoms with Crippen molar-refractivity contribution in [2.75, 3.05) is 18.5 Å². The highest BCUT2D eigenvalue weighted by atomic mass is 16.5. The van der Waals surface area contributed by atoms with Crippen LogP contribution in [0.3, 0.4) is 0 Å². The lowest BCUT2D eigenvalue weighted by Crippen LogP contribution is -2.28. The van der Waals surface area contributed by atoms with E-state index >= 15 is 0 Å². The number of benzene rings is 1. The summed E-state index contributed by atoms with van der Waals surface area (Å²) in [5, 5.41) is 11.9. The highest BCUT2D eigenvalue weighted by Gasteiger charge is 2.21. The van der Waals surface area contributed by atoms with Gasteiger partial charge in [0.1, 0.15) is 0 Å². The molecule has 0 radical (unpaired) electrons. The van der Waals surface area contributed by atoms with E-state index in [1.807, 2.05) is 18.2 Å². The van der Waals surface area contributed by atoms with Crippen molar-refractivity contribution >= 4 is 11.6 Å². The van der Waals surface area contributed by atoms with E-state index in [1.54, 1.807) is 6.07 Å². The van der Waals surface area contributed by atoms with Gasteiger partial charge in [-0.25, -0.2) is 0 Å². The van der Waals surface area contributed by atoms with E-state index in [0.717, 1.165) is 24.1 Å². The lowest BCUT2D eigenvalue weighted by molar-refractivity contribution is -0.122. The van der Waals surface area contributed by atoms with E-state index in [1.165, 1.54) is 0 Å². The Morgan fingerprint density at radius 1 is 1.41 bits per heavy atom. The Bertz CT molecular complexity index is 386. The van der Waals surface area contributed by atoms with Gasteiger partial charge in [-0.15, -0.1) is 0 Å². The number of nitrogens with one attached hydrogen (secondary N) is 1. The molecule has 1 saturated heterocycles. The molecule has 17 heavy (non-hydrogen) atoms. The van der Waals surface area contributed by atoms with Crippen LogP contribution < -0.4 is 5.32 Å². The van der Waals surface area contributed by atoms with Gasteiger partial charge in [-0.05, 0) is 30.5 Å². The number of amides is 1. The maximum atomic E-state index is 11.9. The topological polar surface area (TPSA) is 58.6 Å². The summed E-state index contributed by atoms with van der Waals surface area (Å²) in [5.41, 5.74) is 1.54. The van der Waals surface area contributed by atoms with Gasteiger partial charge in [0.2, 0.25) is 5.91 Å². The maximum Gasteiger partial charge on any atom is 0.227 e. The molecule has 0 bridgehead atoms. The highest BCUT2D eigenvalue weighted by molar-refractivity contribution is 5.92. The first kappa shape index (κ1) is 12.1. The number of rotatable bonds is 3. The van der Waals surface area contributed by atoms with E-state index in [0.29, 0.717) is 13.2 Å². The van der Waals surface area contributed by atoms with Crippen LogP contribution in [0.4, 0.5) is 5.69 Å². The number of aliphatic hydroxyl groups is 1. The quantitative estimate of drug-likeness (QED) is 0.835. The summed E-state index contributed by atoms with van der Waals surface area (Å²) < 4.78 is 5.22. The number of carbonyl (C=O) groups excluding carboxylic acids is 1. The Kier molecular flexibility index (Phi) is 4.12. The Balaban J connectivity index is 1.96. The van der Waals surface area contributed by atoms with Crippen LogP contribution >= 0.6 is 0 Å². The molecule has 0 atom stereocenters. The Morgan fingerprint density at radius 2 is 2.18 bits per heavy atom. The second-order valence-corrected chi connectivity index (χ2v) is 4.23. The van der Waals surface area contributed by atoms with Crippen LogP contribution in [-0.2, 0) is 16.1 Å². The minimum absolute atomic E-state index is 0.0129. The van der Waals surface area contributed by atoms with Crippen molar-refractivity contribution in [3.8, 4) is 0 Å². The molecule has 1 amide bonds. The van der Waals surface area contributed by atoms with Crippen LogP contribution in [0.15, 0.2) is 24.3 Å². The molecule has 0 spiro atoms. The number of aliphatic hydroxyl groups excluding tert-OH is 1. The number of hydrogen-bond donors (Lipinski definition) is 2. The van der Waals surface area contributed by atoms with Crippen molar-refractivity contribution in [2.45, 2.75) is 19.4 Å². The van der Waals surface area contributed by atoms with Gasteiger partial charge in [0, 0.05) is 24.8 Å². The standard InChI is InChI=1S/C13H17NO3/c15-9-10-2-1-3-12(8-10)14-13(16)11-4-6-17-7-5-11/h1-3,8,11,15H,4-7,9H2,(H,14,16). The minimum atomic E-state index is -0.0129. The maximum absolute atomic E-state index is 11.9. The van der Waals surface area contributed by atoms with E-state index in [9.17, 15) is 4.79 Å². The largest absolute Gasteiger partial charge is 0.392 e. The predicted octanol–water partition coefficient (Wildman–Crippen LogP) is 1.54. The fourth-order valence-corrected chi connectivity index (χ4v) is 1.95. The zero-order valence-electron chi connectivity index (χ0n) is 9.69. The van der Waals surface area contributed by atoms with Crippen LogP contribution in [0.2, 0.25) is 0 Å². The molecule has 1 fully saturated rings. The third kappa shape index (κ3) is 3.28. The van der Waals surface area contributed by atoms with Crippen LogP contribution in [-0.4, -0.2) is 24.2 Å². The highest BCUT2D eigenvalue weighted by Crippen LogP contribution is 2.18. The molecule has 1 aromatic carbocycles. The van der Waals surface area contributed by atoms with Gasteiger partial charge < -0.3 is 15.2 Å². The van der Waals surface area contributed by atoms with E-state index < -0.39 is 0 Å². The summed E-state index contributed by atoms with van der Waals surface area (Å²) in [7, 11) is 0. The predicted molar refractivity (Wildman–Crippen MR) is 64.5 cm³/mol. The molecule has 4 heteroatoms. The van der Waals surface area contributed by atoms with Crippen molar-refractivity contribution in [3.05, 3.63) is 29.8 Å². The summed E-state index contributed by atoms with van der Waals surface area (Å²) >= 11 is 0. The molecule has 2 N–H and O–H groups in total. The average Bonchev–Trinajstić information content (AvgIpc) is 2.40. The van der Waals surface area contributed by atoms with Crippen LogP contribution in [0, 0.1) is 5.92 Å². The fourth-order valence-electron chi connectivity index (χ4n) is 1.95. The number of carbonyl (C=O) groups is 1.